The van der Waals surface area contributed by atoms with Gasteiger partial charge in [0.25, 0.3) is 0 Å². The number of amides is 1. The van der Waals surface area contributed by atoms with E-state index in [1.807, 2.05) is 0 Å². The Morgan fingerprint density at radius 2 is 2.36 bits per heavy atom. The van der Waals surface area contributed by atoms with Gasteiger partial charge >= 0.3 is 6.09 Å². The molecule has 2 fully saturated rings. The van der Waals surface area contributed by atoms with Crippen LogP contribution in [0.25, 0.3) is 0 Å². The van der Waals surface area contributed by atoms with Crippen molar-refractivity contribution in [3.63, 3.8) is 0 Å². The van der Waals surface area contributed by atoms with Crippen LogP contribution in [0.5, 0.6) is 0 Å². The lowest BCUT2D eigenvalue weighted by Gasteiger charge is -2.22. The van der Waals surface area contributed by atoms with Gasteiger partial charge in [-0.2, -0.15) is 0 Å². The molecule has 2 rings (SSSR count). The van der Waals surface area contributed by atoms with E-state index < -0.39 is 6.09 Å². The molecule has 4 heteroatoms. The minimum absolute atomic E-state index is 0.0937. The van der Waals surface area contributed by atoms with Crippen molar-refractivity contribution >= 4 is 6.09 Å². The maximum absolute atomic E-state index is 10.7. The molecule has 1 aliphatic carbocycles. The number of rotatable bonds is 1. The summed E-state index contributed by atoms with van der Waals surface area (Å²) in [5, 5.41) is 8.78. The van der Waals surface area contributed by atoms with Crippen LogP contribution in [-0.2, 0) is 0 Å². The highest BCUT2D eigenvalue weighted by Gasteiger charge is 2.53. The molecular weight excluding hydrogens is 144 g/mol. The van der Waals surface area contributed by atoms with E-state index in [9.17, 15) is 4.79 Å². The Balaban J connectivity index is 2.08. The number of nitrogens with two attached hydrogens (primary N) is 1. The molecule has 1 aliphatic heterocycles. The molecule has 1 amide bonds. The highest BCUT2D eigenvalue weighted by Crippen LogP contribution is 2.47. The summed E-state index contributed by atoms with van der Waals surface area (Å²) in [6.07, 6.45) is 1.24. The molecule has 4 nitrogen and oxygen atoms in total. The average molecular weight is 156 g/mol. The smallest absolute Gasteiger partial charge is 0.407 e. The summed E-state index contributed by atoms with van der Waals surface area (Å²) in [6.45, 7) is 0.472. The molecule has 3 atom stereocenters. The molecule has 1 saturated heterocycles. The Morgan fingerprint density at radius 1 is 1.64 bits per heavy atom. The van der Waals surface area contributed by atoms with Crippen molar-refractivity contribution in [3.05, 3.63) is 0 Å². The zero-order valence-electron chi connectivity index (χ0n) is 6.23. The second kappa shape index (κ2) is 2.11. The average Bonchev–Trinajstić information content (AvgIpc) is 2.61. The lowest BCUT2D eigenvalue weighted by molar-refractivity contribution is 0.132. The van der Waals surface area contributed by atoms with Gasteiger partial charge in [-0.15, -0.1) is 0 Å². The van der Waals surface area contributed by atoms with Gasteiger partial charge in [-0.25, -0.2) is 4.79 Å². The second-order valence-corrected chi connectivity index (χ2v) is 3.38. The van der Waals surface area contributed by atoms with E-state index in [-0.39, 0.29) is 6.04 Å². The monoisotopic (exact) mass is 156 g/mol. The van der Waals surface area contributed by atoms with Crippen LogP contribution in [0.2, 0.25) is 0 Å². The van der Waals surface area contributed by atoms with Crippen molar-refractivity contribution in [2.24, 2.45) is 11.7 Å². The molecule has 0 aromatic rings. The summed E-state index contributed by atoms with van der Waals surface area (Å²) >= 11 is 0. The van der Waals surface area contributed by atoms with Gasteiger partial charge in [0.1, 0.15) is 0 Å². The molecular formula is C7H12N2O2. The zero-order valence-corrected chi connectivity index (χ0v) is 6.23. The molecule has 0 radical (unpaired) electrons. The Kier molecular flexibility index (Phi) is 1.32. The van der Waals surface area contributed by atoms with Gasteiger partial charge in [0.05, 0.1) is 0 Å². The number of hydrogen-bond acceptors (Lipinski definition) is 2. The van der Waals surface area contributed by atoms with Gasteiger partial charge in [-0.05, 0) is 18.8 Å². The Labute approximate surface area is 65.0 Å². The minimum atomic E-state index is -0.801. The number of fused-ring (bicyclic) bond motifs is 1. The Morgan fingerprint density at radius 3 is 2.82 bits per heavy atom. The minimum Gasteiger partial charge on any atom is -0.465 e. The number of likely N-dealkylation sites (tertiary alicyclic amines) is 1. The number of hydrogen-bond donors (Lipinski definition) is 2. The predicted molar refractivity (Wildman–Crippen MR) is 39.2 cm³/mol. The molecule has 3 N–H and O–H groups in total. The van der Waals surface area contributed by atoms with Crippen LogP contribution >= 0.6 is 0 Å². The largest absolute Gasteiger partial charge is 0.465 e. The van der Waals surface area contributed by atoms with Crippen LogP contribution in [0.4, 0.5) is 4.79 Å². The van der Waals surface area contributed by atoms with E-state index in [4.69, 9.17) is 10.8 Å². The summed E-state index contributed by atoms with van der Waals surface area (Å²) in [5.74, 6) is 0.625. The summed E-state index contributed by atoms with van der Waals surface area (Å²) < 4.78 is 0. The van der Waals surface area contributed by atoms with Gasteiger partial charge in [0.15, 0.2) is 0 Å². The molecule has 0 aromatic carbocycles. The van der Waals surface area contributed by atoms with Crippen LogP contribution in [0.1, 0.15) is 12.8 Å². The molecule has 11 heavy (non-hydrogen) atoms. The third-order valence-electron chi connectivity index (χ3n) is 2.70. The fraction of sp³-hybridized carbons (Fsp3) is 0.857. The fourth-order valence-electron chi connectivity index (χ4n) is 2.07. The molecule has 0 aromatic heterocycles. The van der Waals surface area contributed by atoms with Gasteiger partial charge in [0.2, 0.25) is 0 Å². The highest BCUT2D eigenvalue weighted by molar-refractivity contribution is 5.67. The van der Waals surface area contributed by atoms with E-state index in [0.29, 0.717) is 18.5 Å². The van der Waals surface area contributed by atoms with E-state index in [2.05, 4.69) is 0 Å². The van der Waals surface area contributed by atoms with Crippen LogP contribution in [0.3, 0.4) is 0 Å². The third kappa shape index (κ3) is 0.894. The van der Waals surface area contributed by atoms with Crippen LogP contribution < -0.4 is 5.73 Å². The van der Waals surface area contributed by atoms with Crippen molar-refractivity contribution in [2.75, 3.05) is 6.54 Å². The number of nitrogens with zero attached hydrogens (tertiary/aromatic N) is 1. The van der Waals surface area contributed by atoms with Crippen LogP contribution in [0.15, 0.2) is 0 Å². The standard InChI is InChI=1S/C7H12N2O2/c8-3-5-1-4-2-6(4)9(5)7(10)11/h4-6H,1-3,8H2,(H,10,11)/t4-,5+,6+/m1/s1. The summed E-state index contributed by atoms with van der Waals surface area (Å²) in [7, 11) is 0. The van der Waals surface area contributed by atoms with E-state index >= 15 is 0 Å². The number of piperidine rings is 1. The van der Waals surface area contributed by atoms with Gasteiger partial charge in [-0.3, -0.25) is 0 Å². The lowest BCUT2D eigenvalue weighted by Crippen LogP contribution is -2.41. The van der Waals surface area contributed by atoms with Crippen molar-refractivity contribution in [2.45, 2.75) is 24.9 Å². The number of carbonyl (C=O) groups is 1. The van der Waals surface area contributed by atoms with Crippen molar-refractivity contribution in [1.82, 2.24) is 4.90 Å². The fourth-order valence-corrected chi connectivity index (χ4v) is 2.07. The topological polar surface area (TPSA) is 66.6 Å². The Hall–Kier alpha value is -0.770. The number of carboxylic acid groups (broad SMARTS) is 1. The molecule has 0 bridgehead atoms. The van der Waals surface area contributed by atoms with Crippen molar-refractivity contribution in [1.29, 1.82) is 0 Å². The molecule has 1 heterocycles. The summed E-state index contributed by atoms with van der Waals surface area (Å²) in [4.78, 5) is 12.2. The molecule has 2 aliphatic rings. The van der Waals surface area contributed by atoms with Crippen molar-refractivity contribution < 1.29 is 9.90 Å². The summed E-state index contributed by atoms with van der Waals surface area (Å²) in [5.41, 5.74) is 5.44. The highest BCUT2D eigenvalue weighted by atomic mass is 16.4. The van der Waals surface area contributed by atoms with Gasteiger partial charge < -0.3 is 15.7 Å². The van der Waals surface area contributed by atoms with E-state index in [1.165, 1.54) is 4.90 Å². The lowest BCUT2D eigenvalue weighted by atomic mass is 10.2. The maximum Gasteiger partial charge on any atom is 0.407 e. The quantitative estimate of drug-likeness (QED) is 0.565. The first-order valence-electron chi connectivity index (χ1n) is 3.95. The third-order valence-corrected chi connectivity index (χ3v) is 2.70. The van der Waals surface area contributed by atoms with E-state index in [1.54, 1.807) is 0 Å². The SMILES string of the molecule is NC[C@@H]1C[C@@H]2C[C@@H]2N1C(=O)O. The molecule has 1 saturated carbocycles. The van der Waals surface area contributed by atoms with Crippen molar-refractivity contribution in [3.8, 4) is 0 Å². The summed E-state index contributed by atoms with van der Waals surface area (Å²) in [6, 6.07) is 0.400. The second-order valence-electron chi connectivity index (χ2n) is 3.38. The first kappa shape index (κ1) is 6.91. The first-order valence-corrected chi connectivity index (χ1v) is 3.95. The molecule has 62 valence electrons. The van der Waals surface area contributed by atoms with Crippen LogP contribution in [-0.4, -0.2) is 34.7 Å². The first-order chi connectivity index (χ1) is 5.24. The van der Waals surface area contributed by atoms with Crippen LogP contribution in [0, 0.1) is 5.92 Å². The maximum atomic E-state index is 10.7. The van der Waals surface area contributed by atoms with E-state index in [0.717, 1.165) is 12.8 Å². The van der Waals surface area contributed by atoms with Gasteiger partial charge in [0, 0.05) is 18.6 Å². The molecule has 0 spiro atoms. The predicted octanol–water partition coefficient (Wildman–Crippen LogP) is 0.0859. The van der Waals surface area contributed by atoms with Gasteiger partial charge in [-0.1, -0.05) is 0 Å². The normalized spacial score (nSPS) is 40.5. The molecule has 0 unspecified atom stereocenters. The zero-order chi connectivity index (χ0) is 8.01. The Bertz CT molecular complexity index is 195.